The van der Waals surface area contributed by atoms with E-state index in [0.29, 0.717) is 3.95 Å². The fourth-order valence-corrected chi connectivity index (χ4v) is 4.58. The summed E-state index contributed by atoms with van der Waals surface area (Å²) in [7, 11) is 1.42. The Bertz CT molecular complexity index is 667. The van der Waals surface area contributed by atoms with E-state index >= 15 is 0 Å². The summed E-state index contributed by atoms with van der Waals surface area (Å²) in [5.41, 5.74) is 0.929. The number of hydrogen-bond donors (Lipinski definition) is 0. The van der Waals surface area contributed by atoms with Crippen LogP contribution in [0.5, 0.6) is 0 Å². The average molecular weight is 355 g/mol. The topological polar surface area (TPSA) is 44.1 Å². The molecule has 0 spiro atoms. The molecule has 118 valence electrons. The molecule has 0 aliphatic carbocycles. The minimum Gasteiger partial charge on any atom is -0.468 e. The molecule has 0 saturated heterocycles. The Morgan fingerprint density at radius 1 is 1.45 bits per heavy atom. The predicted octanol–water partition coefficient (Wildman–Crippen LogP) is 4.49. The summed E-state index contributed by atoms with van der Waals surface area (Å²) in [5, 5.41) is 4.30. The molecule has 1 atom stereocenters. The van der Waals surface area contributed by atoms with Crippen molar-refractivity contribution in [3.63, 3.8) is 0 Å². The number of unbranched alkanes of at least 4 members (excludes halogenated alkanes) is 1. The number of nitrogens with zero attached hydrogens (tertiary/aromatic N) is 2. The molecule has 0 aliphatic heterocycles. The van der Waals surface area contributed by atoms with Crippen LogP contribution in [0.4, 0.5) is 0 Å². The lowest BCUT2D eigenvalue weighted by Crippen LogP contribution is -2.18. The number of carbonyl (C=O) groups excluding carboxylic acids is 1. The second-order valence-corrected chi connectivity index (χ2v) is 7.73. The molecule has 0 bridgehead atoms. The molecule has 0 radical (unpaired) electrons. The molecule has 0 N–H and O–H groups in total. The number of benzene rings is 1. The van der Waals surface area contributed by atoms with E-state index in [0.717, 1.165) is 29.3 Å². The van der Waals surface area contributed by atoms with Crippen molar-refractivity contribution in [2.24, 2.45) is 0 Å². The molecule has 1 heterocycles. The van der Waals surface area contributed by atoms with Crippen LogP contribution < -0.4 is 0 Å². The van der Waals surface area contributed by atoms with E-state index in [4.69, 9.17) is 17.0 Å². The van der Waals surface area contributed by atoms with Gasteiger partial charge in [0.15, 0.2) is 8.29 Å². The number of rotatable bonds is 7. The monoisotopic (exact) mass is 354 g/mol. The van der Waals surface area contributed by atoms with E-state index in [9.17, 15) is 4.79 Å². The minimum absolute atomic E-state index is 0.203. The van der Waals surface area contributed by atoms with Crippen molar-refractivity contribution in [2.75, 3.05) is 7.11 Å². The van der Waals surface area contributed by atoms with Gasteiger partial charge in [0, 0.05) is 0 Å². The summed E-state index contributed by atoms with van der Waals surface area (Å²) in [5.74, 6) is -0.203. The lowest BCUT2D eigenvalue weighted by molar-refractivity contribution is -0.140. The van der Waals surface area contributed by atoms with Crippen molar-refractivity contribution < 1.29 is 9.53 Å². The Labute approximate surface area is 143 Å². The number of hydrogen-bond acceptors (Lipinski definition) is 6. The summed E-state index contributed by atoms with van der Waals surface area (Å²) >= 11 is 8.24. The van der Waals surface area contributed by atoms with Gasteiger partial charge in [-0.25, -0.2) is 4.68 Å². The third-order valence-corrected chi connectivity index (χ3v) is 5.62. The highest BCUT2D eigenvalue weighted by atomic mass is 32.2. The molecule has 0 saturated carbocycles. The van der Waals surface area contributed by atoms with Crippen LogP contribution in [-0.2, 0) is 9.53 Å². The third kappa shape index (κ3) is 4.41. The minimum atomic E-state index is -0.227. The van der Waals surface area contributed by atoms with Gasteiger partial charge in [-0.05, 0) is 30.8 Å². The number of aromatic nitrogens is 2. The third-order valence-electron chi connectivity index (χ3n) is 3.06. The standard InChI is InChI=1S/C15H18N2O2S3/c1-3-4-10-12(13(18)19-2)21-14-16-17(15(20)22-14)11-8-6-5-7-9-11/h5-9,12H,3-4,10H2,1-2H3. The number of carbonyl (C=O) groups is 1. The molecule has 0 fully saturated rings. The fourth-order valence-electron chi connectivity index (χ4n) is 1.91. The van der Waals surface area contributed by atoms with Gasteiger partial charge in [-0.2, -0.15) is 0 Å². The lowest BCUT2D eigenvalue weighted by atomic mass is 10.2. The Morgan fingerprint density at radius 2 is 2.18 bits per heavy atom. The maximum atomic E-state index is 11.9. The highest BCUT2D eigenvalue weighted by Crippen LogP contribution is 2.30. The number of thioether (sulfide) groups is 1. The van der Waals surface area contributed by atoms with Gasteiger partial charge in [0.1, 0.15) is 5.25 Å². The number of methoxy groups -OCH3 is 1. The Morgan fingerprint density at radius 3 is 2.82 bits per heavy atom. The molecule has 2 rings (SSSR count). The van der Waals surface area contributed by atoms with Gasteiger partial charge in [0.2, 0.25) is 0 Å². The molecule has 22 heavy (non-hydrogen) atoms. The molecule has 1 aromatic heterocycles. The van der Waals surface area contributed by atoms with Gasteiger partial charge in [-0.15, -0.1) is 5.10 Å². The molecule has 0 aliphatic rings. The Kier molecular flexibility index (Phi) is 6.60. The largest absolute Gasteiger partial charge is 0.468 e. The first-order valence-corrected chi connectivity index (χ1v) is 9.16. The fraction of sp³-hybridized carbons (Fsp3) is 0.400. The molecule has 1 aromatic carbocycles. The number of para-hydroxylation sites is 1. The highest BCUT2D eigenvalue weighted by molar-refractivity contribution is 8.02. The van der Waals surface area contributed by atoms with Gasteiger partial charge in [-0.1, -0.05) is 61.1 Å². The van der Waals surface area contributed by atoms with Crippen LogP contribution in [0, 0.1) is 3.95 Å². The van der Waals surface area contributed by atoms with Crippen LogP contribution in [0.1, 0.15) is 26.2 Å². The predicted molar refractivity (Wildman–Crippen MR) is 93.5 cm³/mol. The molecule has 0 amide bonds. The lowest BCUT2D eigenvalue weighted by Gasteiger charge is -2.11. The average Bonchev–Trinajstić information content (AvgIpc) is 2.92. The van der Waals surface area contributed by atoms with E-state index in [1.165, 1.54) is 30.2 Å². The van der Waals surface area contributed by atoms with Crippen LogP contribution >= 0.6 is 35.3 Å². The van der Waals surface area contributed by atoms with Crippen molar-refractivity contribution in [1.29, 1.82) is 0 Å². The van der Waals surface area contributed by atoms with Gasteiger partial charge < -0.3 is 4.74 Å². The first-order chi connectivity index (χ1) is 10.7. The van der Waals surface area contributed by atoms with Gasteiger partial charge in [0.05, 0.1) is 12.8 Å². The van der Waals surface area contributed by atoms with Crippen LogP contribution in [0.2, 0.25) is 0 Å². The van der Waals surface area contributed by atoms with E-state index < -0.39 is 0 Å². The van der Waals surface area contributed by atoms with Crippen LogP contribution in [0.15, 0.2) is 34.7 Å². The van der Waals surface area contributed by atoms with Crippen molar-refractivity contribution in [3.05, 3.63) is 34.3 Å². The summed E-state index contributed by atoms with van der Waals surface area (Å²) in [6.07, 6.45) is 2.81. The molecule has 1 unspecified atom stereocenters. The van der Waals surface area contributed by atoms with Gasteiger partial charge in [-0.3, -0.25) is 4.79 Å². The Balaban J connectivity index is 2.19. The molecule has 2 aromatic rings. The maximum Gasteiger partial charge on any atom is 0.319 e. The van der Waals surface area contributed by atoms with Gasteiger partial charge in [0.25, 0.3) is 0 Å². The van der Waals surface area contributed by atoms with E-state index in [-0.39, 0.29) is 11.2 Å². The van der Waals surface area contributed by atoms with E-state index in [1.807, 2.05) is 30.3 Å². The van der Waals surface area contributed by atoms with Crippen molar-refractivity contribution in [3.8, 4) is 5.69 Å². The number of esters is 1. The second kappa shape index (κ2) is 8.45. The highest BCUT2D eigenvalue weighted by Gasteiger charge is 2.22. The normalized spacial score (nSPS) is 12.1. The molecule has 4 nitrogen and oxygen atoms in total. The summed E-state index contributed by atoms with van der Waals surface area (Å²) in [6, 6.07) is 9.76. The molecular formula is C15H18N2O2S3. The SMILES string of the molecule is CCCCC(Sc1nn(-c2ccccc2)c(=S)s1)C(=O)OC. The molecular weight excluding hydrogens is 336 g/mol. The first-order valence-electron chi connectivity index (χ1n) is 7.05. The maximum absolute atomic E-state index is 11.9. The van der Waals surface area contributed by atoms with E-state index in [1.54, 1.807) is 4.68 Å². The summed E-state index contributed by atoms with van der Waals surface area (Å²) < 4.78 is 8.09. The Hall–Kier alpha value is -1.18. The zero-order valence-corrected chi connectivity index (χ0v) is 15.0. The van der Waals surface area contributed by atoms with Crippen LogP contribution in [0.3, 0.4) is 0 Å². The van der Waals surface area contributed by atoms with Crippen LogP contribution in [-0.4, -0.2) is 28.1 Å². The summed E-state index contributed by atoms with van der Waals surface area (Å²) in [6.45, 7) is 2.10. The van der Waals surface area contributed by atoms with Crippen molar-refractivity contribution in [2.45, 2.75) is 35.8 Å². The second-order valence-electron chi connectivity index (χ2n) is 4.65. The number of ether oxygens (including phenoxy) is 1. The van der Waals surface area contributed by atoms with Crippen molar-refractivity contribution >= 4 is 41.3 Å². The van der Waals surface area contributed by atoms with Crippen molar-refractivity contribution in [1.82, 2.24) is 9.78 Å². The molecule has 7 heteroatoms. The van der Waals surface area contributed by atoms with Gasteiger partial charge >= 0.3 is 5.97 Å². The quantitative estimate of drug-likeness (QED) is 0.416. The smallest absolute Gasteiger partial charge is 0.319 e. The zero-order valence-electron chi connectivity index (χ0n) is 12.5. The van der Waals surface area contributed by atoms with Crippen LogP contribution in [0.25, 0.3) is 5.69 Å². The first kappa shape index (κ1) is 17.2. The zero-order chi connectivity index (χ0) is 15.9. The summed E-state index contributed by atoms with van der Waals surface area (Å²) in [4.78, 5) is 11.9. The van der Waals surface area contributed by atoms with E-state index in [2.05, 4.69) is 12.0 Å².